The standard InChI is InChI=1S/C12H15Cl2NO.ClH/c13-10-3-4-11(14)12(6-10)16-8-9-2-1-5-15-7-9;/h3-4,6,9,15H,1-2,5,7-8H2;1H. The van der Waals surface area contributed by atoms with Crippen molar-refractivity contribution in [3.05, 3.63) is 28.2 Å². The first-order valence-electron chi connectivity index (χ1n) is 5.54. The molecule has 1 N–H and O–H groups in total. The Morgan fingerprint density at radius 3 is 2.88 bits per heavy atom. The maximum atomic E-state index is 6.01. The van der Waals surface area contributed by atoms with Crippen LogP contribution in [0, 0.1) is 5.92 Å². The van der Waals surface area contributed by atoms with Gasteiger partial charge in [-0.25, -0.2) is 0 Å². The van der Waals surface area contributed by atoms with E-state index in [0.717, 1.165) is 13.1 Å². The molecule has 5 heteroatoms. The molecule has 2 rings (SSSR count). The molecule has 1 fully saturated rings. The van der Waals surface area contributed by atoms with Crippen molar-refractivity contribution >= 4 is 35.6 Å². The van der Waals surface area contributed by atoms with Crippen molar-refractivity contribution in [1.82, 2.24) is 5.32 Å². The van der Waals surface area contributed by atoms with E-state index in [1.165, 1.54) is 12.8 Å². The van der Waals surface area contributed by atoms with Gasteiger partial charge in [-0.05, 0) is 31.5 Å². The summed E-state index contributed by atoms with van der Waals surface area (Å²) in [6.07, 6.45) is 2.43. The molecular weight excluding hydrogens is 280 g/mol. The first-order valence-corrected chi connectivity index (χ1v) is 6.30. The molecule has 17 heavy (non-hydrogen) atoms. The number of rotatable bonds is 3. The second-order valence-electron chi connectivity index (χ2n) is 4.10. The van der Waals surface area contributed by atoms with Crippen molar-refractivity contribution in [2.75, 3.05) is 19.7 Å². The molecule has 0 bridgehead atoms. The Bertz CT molecular complexity index is 354. The maximum absolute atomic E-state index is 6.01. The van der Waals surface area contributed by atoms with Crippen LogP contribution in [0.25, 0.3) is 0 Å². The molecule has 0 radical (unpaired) electrons. The third-order valence-corrected chi connectivity index (χ3v) is 3.31. The lowest BCUT2D eigenvalue weighted by molar-refractivity contribution is 0.218. The highest BCUT2D eigenvalue weighted by atomic mass is 35.5. The first-order chi connectivity index (χ1) is 7.75. The van der Waals surface area contributed by atoms with E-state index in [0.29, 0.717) is 28.3 Å². The van der Waals surface area contributed by atoms with Gasteiger partial charge < -0.3 is 10.1 Å². The van der Waals surface area contributed by atoms with Crippen molar-refractivity contribution in [2.24, 2.45) is 5.92 Å². The SMILES string of the molecule is Cl.Clc1ccc(Cl)c(OCC2CCCNC2)c1. The zero-order valence-electron chi connectivity index (χ0n) is 9.42. The first kappa shape index (κ1) is 14.9. The van der Waals surface area contributed by atoms with Crippen molar-refractivity contribution < 1.29 is 4.74 Å². The van der Waals surface area contributed by atoms with E-state index in [-0.39, 0.29) is 12.4 Å². The van der Waals surface area contributed by atoms with Gasteiger partial charge in [-0.2, -0.15) is 0 Å². The Morgan fingerprint density at radius 2 is 2.18 bits per heavy atom. The fourth-order valence-corrected chi connectivity index (χ4v) is 2.20. The van der Waals surface area contributed by atoms with Crippen LogP contribution in [0.4, 0.5) is 0 Å². The van der Waals surface area contributed by atoms with Gasteiger partial charge in [-0.15, -0.1) is 12.4 Å². The van der Waals surface area contributed by atoms with Gasteiger partial charge in [0.1, 0.15) is 5.75 Å². The fourth-order valence-electron chi connectivity index (χ4n) is 1.86. The van der Waals surface area contributed by atoms with Crippen LogP contribution in [0.15, 0.2) is 18.2 Å². The smallest absolute Gasteiger partial charge is 0.139 e. The Labute approximate surface area is 118 Å². The normalized spacial score (nSPS) is 19.5. The third kappa shape index (κ3) is 4.55. The van der Waals surface area contributed by atoms with Gasteiger partial charge in [0.05, 0.1) is 11.6 Å². The summed E-state index contributed by atoms with van der Waals surface area (Å²) in [4.78, 5) is 0. The quantitative estimate of drug-likeness (QED) is 0.916. The number of halogens is 3. The summed E-state index contributed by atoms with van der Waals surface area (Å²) in [5.41, 5.74) is 0. The van der Waals surface area contributed by atoms with Gasteiger partial charge in [0.2, 0.25) is 0 Å². The molecule has 0 saturated carbocycles. The molecule has 96 valence electrons. The van der Waals surface area contributed by atoms with Gasteiger partial charge >= 0.3 is 0 Å². The molecule has 1 aromatic rings. The van der Waals surface area contributed by atoms with Crippen LogP contribution in [-0.2, 0) is 0 Å². The summed E-state index contributed by atoms with van der Waals surface area (Å²) in [7, 11) is 0. The Hall–Kier alpha value is -0.150. The van der Waals surface area contributed by atoms with Crippen LogP contribution in [0.3, 0.4) is 0 Å². The van der Waals surface area contributed by atoms with Crippen molar-refractivity contribution in [3.63, 3.8) is 0 Å². The van der Waals surface area contributed by atoms with Crippen molar-refractivity contribution in [2.45, 2.75) is 12.8 Å². The third-order valence-electron chi connectivity index (χ3n) is 2.77. The second-order valence-corrected chi connectivity index (χ2v) is 4.94. The molecule has 0 amide bonds. The lowest BCUT2D eigenvalue weighted by Gasteiger charge is -2.23. The number of ether oxygens (including phenoxy) is 1. The van der Waals surface area contributed by atoms with E-state index in [9.17, 15) is 0 Å². The van der Waals surface area contributed by atoms with E-state index in [4.69, 9.17) is 27.9 Å². The monoisotopic (exact) mass is 295 g/mol. The molecule has 1 aromatic carbocycles. The average Bonchev–Trinajstić information content (AvgIpc) is 2.32. The van der Waals surface area contributed by atoms with Crippen molar-refractivity contribution in [1.29, 1.82) is 0 Å². The Morgan fingerprint density at radius 1 is 1.35 bits per heavy atom. The molecule has 1 unspecified atom stereocenters. The summed E-state index contributed by atoms with van der Waals surface area (Å²) in [5, 5.41) is 4.63. The van der Waals surface area contributed by atoms with Gasteiger partial charge in [-0.1, -0.05) is 23.2 Å². The molecule has 0 aromatic heterocycles. The molecule has 1 aliphatic rings. The molecule has 1 saturated heterocycles. The molecule has 0 spiro atoms. The van der Waals surface area contributed by atoms with Crippen LogP contribution in [0.2, 0.25) is 10.0 Å². The predicted octanol–water partition coefficient (Wildman–Crippen LogP) is 3.79. The van der Waals surface area contributed by atoms with E-state index in [1.807, 2.05) is 0 Å². The van der Waals surface area contributed by atoms with Crippen LogP contribution in [0.1, 0.15) is 12.8 Å². The number of hydrogen-bond donors (Lipinski definition) is 1. The van der Waals surface area contributed by atoms with E-state index in [2.05, 4.69) is 5.32 Å². The summed E-state index contributed by atoms with van der Waals surface area (Å²) in [5.74, 6) is 1.25. The number of hydrogen-bond acceptors (Lipinski definition) is 2. The lowest BCUT2D eigenvalue weighted by atomic mass is 10.0. The average molecular weight is 297 g/mol. The zero-order chi connectivity index (χ0) is 11.4. The number of nitrogens with one attached hydrogen (secondary N) is 1. The summed E-state index contributed by atoms with van der Waals surface area (Å²) in [6, 6.07) is 5.29. The van der Waals surface area contributed by atoms with Crippen LogP contribution in [0.5, 0.6) is 5.75 Å². The highest BCUT2D eigenvalue weighted by Crippen LogP contribution is 2.28. The molecule has 2 nitrogen and oxygen atoms in total. The van der Waals surface area contributed by atoms with E-state index >= 15 is 0 Å². The van der Waals surface area contributed by atoms with Gasteiger partial charge in [-0.3, -0.25) is 0 Å². The molecular formula is C12H16Cl3NO. The minimum absolute atomic E-state index is 0. The van der Waals surface area contributed by atoms with E-state index in [1.54, 1.807) is 18.2 Å². The summed E-state index contributed by atoms with van der Waals surface area (Å²) in [6.45, 7) is 2.85. The maximum Gasteiger partial charge on any atom is 0.139 e. The van der Waals surface area contributed by atoms with Gasteiger partial charge in [0.25, 0.3) is 0 Å². The van der Waals surface area contributed by atoms with Crippen molar-refractivity contribution in [3.8, 4) is 5.75 Å². The van der Waals surface area contributed by atoms with Crippen LogP contribution in [-0.4, -0.2) is 19.7 Å². The molecule has 1 heterocycles. The van der Waals surface area contributed by atoms with Crippen LogP contribution >= 0.6 is 35.6 Å². The molecule has 1 aliphatic heterocycles. The van der Waals surface area contributed by atoms with Gasteiger partial charge in [0, 0.05) is 23.6 Å². The topological polar surface area (TPSA) is 21.3 Å². The highest BCUT2D eigenvalue weighted by molar-refractivity contribution is 6.34. The zero-order valence-corrected chi connectivity index (χ0v) is 11.7. The minimum atomic E-state index is 0. The highest BCUT2D eigenvalue weighted by Gasteiger charge is 2.14. The summed E-state index contributed by atoms with van der Waals surface area (Å²) < 4.78 is 5.70. The minimum Gasteiger partial charge on any atom is -0.492 e. The Balaban J connectivity index is 0.00000144. The summed E-state index contributed by atoms with van der Waals surface area (Å²) >= 11 is 11.9. The predicted molar refractivity (Wildman–Crippen MR) is 74.8 cm³/mol. The largest absolute Gasteiger partial charge is 0.492 e. The fraction of sp³-hybridized carbons (Fsp3) is 0.500. The van der Waals surface area contributed by atoms with E-state index < -0.39 is 0 Å². The second kappa shape index (κ2) is 7.32. The lowest BCUT2D eigenvalue weighted by Crippen LogP contribution is -2.33. The Kier molecular flexibility index (Phi) is 6.42. The number of benzene rings is 1. The van der Waals surface area contributed by atoms with Gasteiger partial charge in [0.15, 0.2) is 0 Å². The van der Waals surface area contributed by atoms with Crippen LogP contribution < -0.4 is 10.1 Å². The number of piperidine rings is 1. The molecule has 1 atom stereocenters. The molecule has 0 aliphatic carbocycles.